The topological polar surface area (TPSA) is 0 Å². The number of hydrogen-bond acceptors (Lipinski definition) is 0. The first-order chi connectivity index (χ1) is 13.4. The average Bonchev–Trinajstić information content (AvgIpc) is 3.22. The zero-order chi connectivity index (χ0) is 20.8. The zero-order valence-corrected chi connectivity index (χ0v) is 24.4. The van der Waals surface area contributed by atoms with Crippen LogP contribution in [0.15, 0.2) is 71.3 Å². The summed E-state index contributed by atoms with van der Waals surface area (Å²) in [7, 11) is 0. The van der Waals surface area contributed by atoms with Crippen molar-refractivity contribution in [1.29, 1.82) is 0 Å². The van der Waals surface area contributed by atoms with Gasteiger partial charge < -0.3 is 14.9 Å². The standard InChI is InChI=1S/C15H9F2.C9H13.2CH3.2ClH.Si.Zr/c16-12-8-11-6-7-13(15(11)14(17)9-12)10-4-2-1-3-5-10;1-6-5-7(2)9(4)8(6)3;;;;;;/h1-9H;6H,1-4H3;2*1H3;2*1H;;/q4*-1;;;;. The summed E-state index contributed by atoms with van der Waals surface area (Å²) in [5.41, 5.74) is 5.99. The molecule has 0 fully saturated rings. The van der Waals surface area contributed by atoms with Gasteiger partial charge in [0.1, 0.15) is 0 Å². The van der Waals surface area contributed by atoms with Gasteiger partial charge in [-0.15, -0.1) is 54.8 Å². The summed E-state index contributed by atoms with van der Waals surface area (Å²) in [6.45, 7) is 11.7. The van der Waals surface area contributed by atoms with E-state index in [0.29, 0.717) is 16.7 Å². The number of fused-ring (bicyclic) bond motifs is 1. The third-order valence-corrected chi connectivity index (χ3v) is 5.11. The van der Waals surface area contributed by atoms with Crippen molar-refractivity contribution in [2.24, 2.45) is 5.92 Å². The molecule has 32 heavy (non-hydrogen) atoms. The summed E-state index contributed by atoms with van der Waals surface area (Å²) >= 11 is 1.36. The van der Waals surface area contributed by atoms with Crippen LogP contribution in [0, 0.1) is 38.5 Å². The van der Waals surface area contributed by atoms with Crippen LogP contribution in [-0.4, -0.2) is 6.88 Å². The molecule has 0 amide bonds. The van der Waals surface area contributed by atoms with Crippen LogP contribution in [0.2, 0.25) is 0 Å². The van der Waals surface area contributed by atoms with Crippen LogP contribution < -0.4 is 0 Å². The van der Waals surface area contributed by atoms with E-state index in [1.807, 2.05) is 36.4 Å². The molecule has 3 aromatic carbocycles. The predicted molar refractivity (Wildman–Crippen MR) is 138 cm³/mol. The summed E-state index contributed by atoms with van der Waals surface area (Å²) in [4.78, 5) is 0. The molecular weight excluding hydrogens is 540 g/mol. The zero-order valence-electron chi connectivity index (χ0n) is 19.3. The van der Waals surface area contributed by atoms with E-state index in [1.165, 1.54) is 46.1 Å². The van der Waals surface area contributed by atoms with Crippen molar-refractivity contribution in [2.75, 3.05) is 0 Å². The third kappa shape index (κ3) is 8.45. The molecule has 0 spiro atoms. The quantitative estimate of drug-likeness (QED) is 0.203. The Morgan fingerprint density at radius 3 is 1.97 bits per heavy atom. The second kappa shape index (κ2) is 16.6. The van der Waals surface area contributed by atoms with Crippen LogP contribution in [-0.2, 0) is 23.3 Å². The Balaban J connectivity index is -0.000000490. The molecule has 0 bridgehead atoms. The van der Waals surface area contributed by atoms with Gasteiger partial charge in [0.05, 0.1) is 11.6 Å². The minimum atomic E-state index is -0.541. The predicted octanol–water partition coefficient (Wildman–Crippen LogP) is 8.59. The van der Waals surface area contributed by atoms with E-state index in [4.69, 9.17) is 0 Å². The summed E-state index contributed by atoms with van der Waals surface area (Å²) < 4.78 is 26.9. The van der Waals surface area contributed by atoms with E-state index >= 15 is 0 Å². The van der Waals surface area contributed by atoms with Crippen molar-refractivity contribution in [3.63, 3.8) is 0 Å². The molecule has 6 heteroatoms. The van der Waals surface area contributed by atoms with Gasteiger partial charge in [-0.05, 0) is 6.07 Å². The molecule has 0 saturated carbocycles. The van der Waals surface area contributed by atoms with Gasteiger partial charge in [-0.3, -0.25) is 6.08 Å². The van der Waals surface area contributed by atoms with E-state index in [2.05, 4.69) is 40.7 Å². The molecule has 0 nitrogen and oxygen atoms in total. The molecule has 1 atom stereocenters. The molecule has 0 N–H and O–H groups in total. The Labute approximate surface area is 222 Å². The summed E-state index contributed by atoms with van der Waals surface area (Å²) in [6, 6.07) is 15.4. The maximum atomic E-state index is 13.8. The first-order valence-electron chi connectivity index (χ1n) is 9.01. The van der Waals surface area contributed by atoms with Gasteiger partial charge in [-0.1, -0.05) is 74.0 Å². The molecule has 174 valence electrons. The van der Waals surface area contributed by atoms with E-state index in [-0.39, 0.29) is 39.7 Å². The molecule has 2 radical (unpaired) electrons. The van der Waals surface area contributed by atoms with Crippen molar-refractivity contribution >= 4 is 42.5 Å². The molecule has 3 aromatic rings. The van der Waals surface area contributed by atoms with E-state index in [9.17, 15) is 8.78 Å². The van der Waals surface area contributed by atoms with Crippen molar-refractivity contribution in [2.45, 2.75) is 27.7 Å². The summed E-state index contributed by atoms with van der Waals surface area (Å²) in [5, 5.41) is 1.08. The average molecular weight is 571 g/mol. The fraction of sp³-hybridized carbons (Fsp3) is 0.192. The minimum absolute atomic E-state index is 0. The monoisotopic (exact) mass is 568 g/mol. The van der Waals surface area contributed by atoms with Crippen molar-refractivity contribution < 1.29 is 32.1 Å². The van der Waals surface area contributed by atoms with Gasteiger partial charge in [-0.2, -0.15) is 11.1 Å². The van der Waals surface area contributed by atoms with Crippen molar-refractivity contribution in [3.05, 3.63) is 104 Å². The Morgan fingerprint density at radius 1 is 0.969 bits per heavy atom. The van der Waals surface area contributed by atoms with Crippen LogP contribution in [0.4, 0.5) is 8.78 Å². The van der Waals surface area contributed by atoms with Gasteiger partial charge in [0.2, 0.25) is 0 Å². The van der Waals surface area contributed by atoms with Gasteiger partial charge >= 0.3 is 30.2 Å². The van der Waals surface area contributed by atoms with Crippen LogP contribution in [0.25, 0.3) is 21.9 Å². The van der Waals surface area contributed by atoms with Crippen LogP contribution in [0.1, 0.15) is 27.7 Å². The second-order valence-electron chi connectivity index (χ2n) is 6.76. The molecule has 0 aromatic heterocycles. The van der Waals surface area contributed by atoms with E-state index in [0.717, 1.165) is 17.2 Å². The molecule has 0 saturated heterocycles. The number of benzene rings is 2. The SMILES string of the molecule is CC1=[C-]C(C)C(C)=C1C.Cl.Cl.Fc1cc(F)c2c(-c3ccccc3)c[cH-]c2c1.[CH3-].[CH3-].[Si]=[Zr]. The van der Waals surface area contributed by atoms with Gasteiger partial charge in [0.25, 0.3) is 0 Å². The van der Waals surface area contributed by atoms with Crippen molar-refractivity contribution in [1.82, 2.24) is 0 Å². The Kier molecular flexibility index (Phi) is 18.5. The summed E-state index contributed by atoms with van der Waals surface area (Å²) in [5.74, 6) is -0.492. The molecule has 4 rings (SSSR count). The Hall–Kier alpha value is -0.930. The number of rotatable bonds is 1. The van der Waals surface area contributed by atoms with E-state index in [1.54, 1.807) is 6.07 Å². The van der Waals surface area contributed by atoms with E-state index < -0.39 is 11.6 Å². The first-order valence-corrected chi connectivity index (χ1v) is 13.2. The fourth-order valence-electron chi connectivity index (χ4n) is 3.29. The van der Waals surface area contributed by atoms with Gasteiger partial charge in [0.15, 0.2) is 0 Å². The first kappa shape index (κ1) is 35.7. The van der Waals surface area contributed by atoms with Gasteiger partial charge in [-0.25, -0.2) is 14.4 Å². The number of hydrogen-bond donors (Lipinski definition) is 0. The normalized spacial score (nSPS) is 13.5. The molecule has 1 aliphatic rings. The molecule has 1 unspecified atom stereocenters. The van der Waals surface area contributed by atoms with Crippen LogP contribution in [0.3, 0.4) is 0 Å². The van der Waals surface area contributed by atoms with Crippen molar-refractivity contribution in [3.8, 4) is 11.1 Å². The fourth-order valence-corrected chi connectivity index (χ4v) is 3.29. The number of halogens is 4. The Morgan fingerprint density at radius 2 is 1.53 bits per heavy atom. The maximum absolute atomic E-state index is 13.8. The molecule has 1 aliphatic carbocycles. The summed E-state index contributed by atoms with van der Waals surface area (Å²) in [6.07, 6.45) is 3.36. The molecule has 0 heterocycles. The van der Waals surface area contributed by atoms with Crippen LogP contribution >= 0.6 is 24.8 Å². The van der Waals surface area contributed by atoms with Crippen LogP contribution in [0.5, 0.6) is 0 Å². The second-order valence-corrected chi connectivity index (χ2v) is 6.76. The molecular formula is C26H30Cl2F2SiZr-4. The Bertz CT molecular complexity index is 1030. The third-order valence-electron chi connectivity index (χ3n) is 5.11. The molecule has 0 aliphatic heterocycles. The number of allylic oxidation sites excluding steroid dienone is 4. The van der Waals surface area contributed by atoms with Gasteiger partial charge in [0, 0.05) is 0 Å².